The molecule has 6 nitrogen and oxygen atoms in total. The van der Waals surface area contributed by atoms with Gasteiger partial charge in [0.2, 0.25) is 0 Å². The lowest BCUT2D eigenvalue weighted by atomic mass is 9.97. The first kappa shape index (κ1) is 16.0. The number of aliphatic carboxylic acids is 1. The monoisotopic (exact) mass is 318 g/mol. The van der Waals surface area contributed by atoms with Gasteiger partial charge in [0.05, 0.1) is 6.61 Å². The number of hydrogen-bond acceptors (Lipinski definition) is 4. The molecule has 0 aromatic heterocycles. The summed E-state index contributed by atoms with van der Waals surface area (Å²) in [6, 6.07) is 6.33. The zero-order chi connectivity index (χ0) is 16.6. The normalized spacial score (nSPS) is 24.1. The smallest absolute Gasteiger partial charge is 0.328 e. The van der Waals surface area contributed by atoms with E-state index in [4.69, 9.17) is 4.74 Å². The van der Waals surface area contributed by atoms with Crippen LogP contribution < -0.4 is 0 Å². The number of rotatable bonds is 2. The van der Waals surface area contributed by atoms with Crippen molar-refractivity contribution in [1.29, 1.82) is 0 Å². The zero-order valence-corrected chi connectivity index (χ0v) is 13.5. The number of ether oxygens (including phenoxy) is 1. The van der Waals surface area contributed by atoms with Gasteiger partial charge in [0.1, 0.15) is 5.72 Å². The molecule has 0 bridgehead atoms. The molecule has 2 fully saturated rings. The number of benzene rings is 1. The maximum absolute atomic E-state index is 13.0. The molecule has 23 heavy (non-hydrogen) atoms. The molecule has 1 aromatic rings. The number of carboxylic acids is 1. The minimum atomic E-state index is -1.01. The number of nitrogens with zero attached hydrogens (tertiary/aromatic N) is 2. The van der Waals surface area contributed by atoms with Crippen LogP contribution in [0.2, 0.25) is 0 Å². The largest absolute Gasteiger partial charge is 0.480 e. The molecular formula is C17H22N2O4. The Morgan fingerprint density at radius 3 is 2.61 bits per heavy atom. The Kier molecular flexibility index (Phi) is 4.12. The first-order valence-electron chi connectivity index (χ1n) is 7.89. The van der Waals surface area contributed by atoms with Gasteiger partial charge < -0.3 is 14.7 Å². The molecule has 1 spiro atoms. The Bertz CT molecular complexity index is 623. The predicted molar refractivity (Wildman–Crippen MR) is 84.2 cm³/mol. The van der Waals surface area contributed by atoms with Crippen LogP contribution in [-0.4, -0.2) is 65.3 Å². The highest BCUT2D eigenvalue weighted by atomic mass is 16.5. The van der Waals surface area contributed by atoms with Gasteiger partial charge in [0, 0.05) is 31.5 Å². The lowest BCUT2D eigenvalue weighted by Gasteiger charge is -2.43. The molecule has 2 saturated heterocycles. The molecular weight excluding hydrogens is 296 g/mol. The highest BCUT2D eigenvalue weighted by Crippen LogP contribution is 2.38. The summed E-state index contributed by atoms with van der Waals surface area (Å²) < 4.78 is 5.89. The number of aryl methyl sites for hydroxylation is 1. The number of carbonyl (C=O) groups excluding carboxylic acids is 1. The lowest BCUT2D eigenvalue weighted by Crippen LogP contribution is -2.57. The van der Waals surface area contributed by atoms with E-state index in [1.165, 1.54) is 4.90 Å². The molecule has 0 aliphatic carbocycles. The van der Waals surface area contributed by atoms with Gasteiger partial charge in [-0.2, -0.15) is 0 Å². The van der Waals surface area contributed by atoms with E-state index < -0.39 is 17.7 Å². The summed E-state index contributed by atoms with van der Waals surface area (Å²) in [5.41, 5.74) is 0.691. The van der Waals surface area contributed by atoms with Crippen molar-refractivity contribution < 1.29 is 19.4 Å². The third-order valence-electron chi connectivity index (χ3n) is 4.80. The Balaban J connectivity index is 1.96. The second-order valence-corrected chi connectivity index (χ2v) is 6.46. The molecule has 0 saturated carbocycles. The summed E-state index contributed by atoms with van der Waals surface area (Å²) in [5.74, 6) is -1.27. The molecule has 2 heterocycles. The average molecular weight is 318 g/mol. The van der Waals surface area contributed by atoms with Gasteiger partial charge in [-0.3, -0.25) is 9.69 Å². The van der Waals surface area contributed by atoms with Crippen molar-refractivity contribution >= 4 is 11.9 Å². The highest BCUT2D eigenvalue weighted by Gasteiger charge is 2.53. The molecule has 3 rings (SSSR count). The van der Waals surface area contributed by atoms with Gasteiger partial charge >= 0.3 is 5.97 Å². The third-order valence-corrected chi connectivity index (χ3v) is 4.80. The Morgan fingerprint density at radius 1 is 1.30 bits per heavy atom. The van der Waals surface area contributed by atoms with Gasteiger partial charge in [-0.15, -0.1) is 0 Å². The van der Waals surface area contributed by atoms with Crippen LogP contribution in [0.5, 0.6) is 0 Å². The van der Waals surface area contributed by atoms with Crippen LogP contribution in [0.1, 0.15) is 28.8 Å². The lowest BCUT2D eigenvalue weighted by molar-refractivity contribution is -0.143. The van der Waals surface area contributed by atoms with Gasteiger partial charge in [-0.25, -0.2) is 4.79 Å². The fourth-order valence-corrected chi connectivity index (χ4v) is 3.44. The van der Waals surface area contributed by atoms with Gasteiger partial charge in [0.25, 0.3) is 5.91 Å². The first-order valence-corrected chi connectivity index (χ1v) is 7.89. The van der Waals surface area contributed by atoms with Crippen molar-refractivity contribution in [1.82, 2.24) is 9.80 Å². The van der Waals surface area contributed by atoms with Crippen LogP contribution in [0.15, 0.2) is 24.3 Å². The van der Waals surface area contributed by atoms with Crippen molar-refractivity contribution in [2.24, 2.45) is 0 Å². The van der Waals surface area contributed by atoms with Gasteiger partial charge in [-0.1, -0.05) is 17.7 Å². The fourth-order valence-electron chi connectivity index (χ4n) is 3.44. The molecule has 2 aliphatic heterocycles. The van der Waals surface area contributed by atoms with E-state index in [0.717, 1.165) is 18.7 Å². The van der Waals surface area contributed by atoms with Crippen LogP contribution in [0.4, 0.5) is 0 Å². The Hall–Kier alpha value is -1.92. The van der Waals surface area contributed by atoms with E-state index in [2.05, 4.69) is 4.90 Å². The number of carbonyl (C=O) groups is 2. The van der Waals surface area contributed by atoms with E-state index >= 15 is 0 Å². The molecule has 6 heteroatoms. The average Bonchev–Trinajstić information content (AvgIpc) is 2.89. The van der Waals surface area contributed by atoms with Crippen molar-refractivity contribution in [2.75, 3.05) is 26.7 Å². The number of carboxylic acid groups (broad SMARTS) is 1. The van der Waals surface area contributed by atoms with Crippen molar-refractivity contribution in [2.45, 2.75) is 31.5 Å². The molecule has 0 radical (unpaired) electrons. The molecule has 1 amide bonds. The second-order valence-electron chi connectivity index (χ2n) is 6.46. The van der Waals surface area contributed by atoms with Crippen LogP contribution in [0.25, 0.3) is 0 Å². The summed E-state index contributed by atoms with van der Waals surface area (Å²) in [7, 11) is 2.02. The number of piperidine rings is 1. The summed E-state index contributed by atoms with van der Waals surface area (Å²) in [4.78, 5) is 28.3. The van der Waals surface area contributed by atoms with Crippen molar-refractivity contribution in [3.05, 3.63) is 35.4 Å². The maximum atomic E-state index is 13.0. The Morgan fingerprint density at radius 2 is 2.00 bits per heavy atom. The minimum absolute atomic E-state index is 0.0522. The summed E-state index contributed by atoms with van der Waals surface area (Å²) in [6.45, 7) is 3.53. The van der Waals surface area contributed by atoms with Crippen LogP contribution >= 0.6 is 0 Å². The number of hydrogen-bond donors (Lipinski definition) is 1. The van der Waals surface area contributed by atoms with E-state index in [-0.39, 0.29) is 12.5 Å². The third kappa shape index (κ3) is 2.84. The molecule has 1 aromatic carbocycles. The van der Waals surface area contributed by atoms with E-state index in [9.17, 15) is 14.7 Å². The quantitative estimate of drug-likeness (QED) is 0.891. The Labute approximate surface area is 135 Å². The van der Waals surface area contributed by atoms with Crippen LogP contribution in [0, 0.1) is 6.92 Å². The SMILES string of the molecule is Cc1cccc(C(=O)N2[C@@H](C(=O)O)COC23CCN(C)CC3)c1. The molecule has 1 atom stereocenters. The summed E-state index contributed by atoms with van der Waals surface area (Å²) >= 11 is 0. The maximum Gasteiger partial charge on any atom is 0.328 e. The zero-order valence-electron chi connectivity index (χ0n) is 13.5. The van der Waals surface area contributed by atoms with Crippen LogP contribution in [0.3, 0.4) is 0 Å². The molecule has 2 aliphatic rings. The molecule has 0 unspecified atom stereocenters. The second kappa shape index (κ2) is 5.94. The van der Waals surface area contributed by atoms with Gasteiger partial charge in [-0.05, 0) is 26.1 Å². The summed E-state index contributed by atoms with van der Waals surface area (Å²) in [6.07, 6.45) is 1.26. The van der Waals surface area contributed by atoms with E-state index in [1.54, 1.807) is 12.1 Å². The minimum Gasteiger partial charge on any atom is -0.480 e. The van der Waals surface area contributed by atoms with Crippen LogP contribution in [-0.2, 0) is 9.53 Å². The van der Waals surface area contributed by atoms with Gasteiger partial charge in [0.15, 0.2) is 6.04 Å². The topological polar surface area (TPSA) is 70.1 Å². The predicted octanol–water partition coefficient (Wildman–Crippen LogP) is 1.34. The molecule has 1 N–H and O–H groups in total. The van der Waals surface area contributed by atoms with Crippen molar-refractivity contribution in [3.8, 4) is 0 Å². The summed E-state index contributed by atoms with van der Waals surface area (Å²) in [5, 5.41) is 9.52. The fraction of sp³-hybridized carbons (Fsp3) is 0.529. The van der Waals surface area contributed by atoms with E-state index in [1.807, 2.05) is 26.1 Å². The number of likely N-dealkylation sites (tertiary alicyclic amines) is 1. The van der Waals surface area contributed by atoms with Crippen molar-refractivity contribution in [3.63, 3.8) is 0 Å². The number of amides is 1. The highest BCUT2D eigenvalue weighted by molar-refractivity contribution is 5.97. The van der Waals surface area contributed by atoms with E-state index in [0.29, 0.717) is 18.4 Å². The first-order chi connectivity index (χ1) is 10.9. The molecule has 124 valence electrons. The standard InChI is InChI=1S/C17H22N2O4/c1-12-4-3-5-13(10-12)15(20)19-14(16(21)22)11-23-17(19)6-8-18(2)9-7-17/h3-5,10,14H,6-9,11H2,1-2H3,(H,21,22)/t14-/m1/s1.